The molecule has 38 heavy (non-hydrogen) atoms. The molecule has 2 heterocycles. The van der Waals surface area contributed by atoms with Crippen molar-refractivity contribution in [2.24, 2.45) is 11.8 Å². The second-order valence-corrected chi connectivity index (χ2v) is 12.8. The maximum Gasteiger partial charge on any atom is 0.248 e. The van der Waals surface area contributed by atoms with Crippen molar-refractivity contribution in [3.05, 3.63) is 53.6 Å². The molecule has 0 spiro atoms. The number of halogens is 2. The van der Waals surface area contributed by atoms with Crippen LogP contribution in [0, 0.1) is 11.8 Å². The van der Waals surface area contributed by atoms with Crippen LogP contribution in [0.4, 0.5) is 8.78 Å². The van der Waals surface area contributed by atoms with Gasteiger partial charge in [0.2, 0.25) is 21.9 Å². The van der Waals surface area contributed by atoms with Crippen molar-refractivity contribution in [3.8, 4) is 11.5 Å². The second kappa shape index (κ2) is 9.48. The van der Waals surface area contributed by atoms with E-state index in [1.807, 2.05) is 18.2 Å². The number of rotatable bonds is 7. The van der Waals surface area contributed by atoms with E-state index in [1.54, 1.807) is 17.0 Å². The quantitative estimate of drug-likeness (QED) is 0.519. The van der Waals surface area contributed by atoms with Crippen molar-refractivity contribution in [3.63, 3.8) is 0 Å². The fourth-order valence-electron chi connectivity index (χ4n) is 6.26. The molecule has 0 N–H and O–H groups in total. The normalized spacial score (nSPS) is 26.3. The molecule has 0 radical (unpaired) electrons. The van der Waals surface area contributed by atoms with Gasteiger partial charge in [0, 0.05) is 38.4 Å². The van der Waals surface area contributed by atoms with Crippen molar-refractivity contribution in [1.82, 2.24) is 9.21 Å². The molecule has 2 saturated carbocycles. The van der Waals surface area contributed by atoms with Crippen LogP contribution < -0.4 is 9.47 Å². The molecule has 1 amide bonds. The summed E-state index contributed by atoms with van der Waals surface area (Å²) in [7, 11) is -2.42. The number of methoxy groups -OCH3 is 1. The number of sulfonamides is 1. The molecule has 4 aliphatic rings. The summed E-state index contributed by atoms with van der Waals surface area (Å²) in [6.07, 6.45) is 1.45. The minimum Gasteiger partial charge on any atom is -0.497 e. The molecule has 2 aliphatic heterocycles. The van der Waals surface area contributed by atoms with Crippen LogP contribution >= 0.6 is 0 Å². The van der Waals surface area contributed by atoms with Crippen LogP contribution in [0.15, 0.2) is 47.4 Å². The minimum absolute atomic E-state index is 0.0496. The van der Waals surface area contributed by atoms with E-state index in [9.17, 15) is 22.0 Å². The molecular weight excluding hydrogens is 514 g/mol. The zero-order chi connectivity index (χ0) is 26.7. The lowest BCUT2D eigenvalue weighted by molar-refractivity contribution is -0.141. The summed E-state index contributed by atoms with van der Waals surface area (Å²) in [4.78, 5) is 16.0. The molecule has 0 aromatic heterocycles. The number of fused-ring (bicyclic) bond motifs is 2. The Morgan fingerprint density at radius 1 is 1.16 bits per heavy atom. The first-order valence-electron chi connectivity index (χ1n) is 13.2. The SMILES string of the molecule is COc1ccc(S(=O)(=O)N2C[C@H]3C[C@H]3[C@@H]2C(=O)N(Cc2ccc3c(c2)OCC3)C2CCC(F)(F)CC2)cc1. The van der Waals surface area contributed by atoms with Crippen molar-refractivity contribution in [2.75, 3.05) is 20.3 Å². The molecule has 2 aromatic carbocycles. The molecule has 1 saturated heterocycles. The summed E-state index contributed by atoms with van der Waals surface area (Å²) >= 11 is 0. The highest BCUT2D eigenvalue weighted by Gasteiger charge is 2.60. The summed E-state index contributed by atoms with van der Waals surface area (Å²) in [6, 6.07) is 10.8. The summed E-state index contributed by atoms with van der Waals surface area (Å²) < 4.78 is 67.6. The monoisotopic (exact) mass is 546 g/mol. The summed E-state index contributed by atoms with van der Waals surface area (Å²) in [6.45, 7) is 1.14. The number of nitrogens with zero attached hydrogens (tertiary/aromatic N) is 2. The molecule has 2 aliphatic carbocycles. The topological polar surface area (TPSA) is 76.2 Å². The zero-order valence-corrected chi connectivity index (χ0v) is 22.1. The molecule has 0 unspecified atom stereocenters. The third-order valence-corrected chi connectivity index (χ3v) is 10.4. The van der Waals surface area contributed by atoms with Gasteiger partial charge in [-0.1, -0.05) is 12.1 Å². The van der Waals surface area contributed by atoms with Gasteiger partial charge in [-0.2, -0.15) is 4.31 Å². The van der Waals surface area contributed by atoms with Gasteiger partial charge in [0.05, 0.1) is 18.6 Å². The molecule has 204 valence electrons. The van der Waals surface area contributed by atoms with Crippen molar-refractivity contribution < 1.29 is 31.5 Å². The molecule has 2 aromatic rings. The Labute approximate surface area is 221 Å². The fourth-order valence-corrected chi connectivity index (χ4v) is 7.95. The number of piperidine rings is 1. The van der Waals surface area contributed by atoms with E-state index in [-0.39, 0.29) is 60.9 Å². The number of hydrogen-bond donors (Lipinski definition) is 0. The molecule has 10 heteroatoms. The summed E-state index contributed by atoms with van der Waals surface area (Å²) in [5, 5.41) is 0. The predicted molar refractivity (Wildman–Crippen MR) is 136 cm³/mol. The van der Waals surface area contributed by atoms with Crippen LogP contribution in [-0.2, 0) is 27.8 Å². The maximum atomic E-state index is 14.3. The number of hydrogen-bond acceptors (Lipinski definition) is 5. The van der Waals surface area contributed by atoms with E-state index < -0.39 is 22.0 Å². The van der Waals surface area contributed by atoms with Crippen molar-refractivity contribution in [1.29, 1.82) is 0 Å². The lowest BCUT2D eigenvalue weighted by Crippen LogP contribution is -2.53. The molecule has 7 nitrogen and oxygen atoms in total. The average Bonchev–Trinajstić information content (AvgIpc) is 3.32. The first-order chi connectivity index (χ1) is 18.2. The Hall–Kier alpha value is -2.72. The zero-order valence-electron chi connectivity index (χ0n) is 21.3. The Balaban J connectivity index is 1.30. The van der Waals surface area contributed by atoms with E-state index in [1.165, 1.54) is 23.5 Å². The van der Waals surface area contributed by atoms with E-state index >= 15 is 0 Å². The highest BCUT2D eigenvalue weighted by atomic mass is 32.2. The summed E-state index contributed by atoms with van der Waals surface area (Å²) in [5.41, 5.74) is 1.96. The number of alkyl halides is 2. The van der Waals surface area contributed by atoms with Gasteiger partial charge in [-0.3, -0.25) is 4.79 Å². The molecule has 6 rings (SSSR count). The Kier molecular flexibility index (Phi) is 6.38. The lowest BCUT2D eigenvalue weighted by Gasteiger charge is -2.39. The van der Waals surface area contributed by atoms with Gasteiger partial charge in [-0.25, -0.2) is 17.2 Å². The fraction of sp³-hybridized carbons (Fsp3) is 0.536. The van der Waals surface area contributed by atoms with E-state index in [0.717, 1.165) is 29.7 Å². The van der Waals surface area contributed by atoms with Gasteiger partial charge < -0.3 is 14.4 Å². The van der Waals surface area contributed by atoms with Crippen LogP contribution in [0.3, 0.4) is 0 Å². The molecule has 3 atom stereocenters. The summed E-state index contributed by atoms with van der Waals surface area (Å²) in [5.74, 6) is -1.60. The standard InChI is InChI=1S/C28H32F2N2O5S/c1-36-22-4-6-23(7-5-22)38(34,35)32-17-20-15-24(20)26(32)27(33)31(21-8-11-28(29,30)12-9-21)16-18-2-3-19-10-13-37-25(19)14-18/h2-7,14,20-21,24,26H,8-13,15-17H2,1H3/t20-,24-,26-/m1/s1. The van der Waals surface area contributed by atoms with Crippen LogP contribution in [0.1, 0.15) is 43.2 Å². The first-order valence-corrected chi connectivity index (χ1v) is 14.7. The van der Waals surface area contributed by atoms with Gasteiger partial charge in [0.1, 0.15) is 17.5 Å². The minimum atomic E-state index is -3.93. The van der Waals surface area contributed by atoms with E-state index in [2.05, 4.69) is 0 Å². The second-order valence-electron chi connectivity index (χ2n) is 10.9. The van der Waals surface area contributed by atoms with Crippen LogP contribution in [0.25, 0.3) is 0 Å². The third kappa shape index (κ3) is 4.66. The van der Waals surface area contributed by atoms with Crippen molar-refractivity contribution >= 4 is 15.9 Å². The van der Waals surface area contributed by atoms with E-state index in [4.69, 9.17) is 9.47 Å². The van der Waals surface area contributed by atoms with Crippen LogP contribution in [0.5, 0.6) is 11.5 Å². The number of ether oxygens (including phenoxy) is 2. The first kappa shape index (κ1) is 25.6. The highest BCUT2D eigenvalue weighted by Crippen LogP contribution is 2.52. The smallest absolute Gasteiger partial charge is 0.248 e. The van der Waals surface area contributed by atoms with Crippen molar-refractivity contribution in [2.45, 2.75) is 68.0 Å². The Morgan fingerprint density at radius 2 is 1.89 bits per heavy atom. The highest BCUT2D eigenvalue weighted by molar-refractivity contribution is 7.89. The average molecular weight is 547 g/mol. The Bertz CT molecular complexity index is 1320. The Morgan fingerprint density at radius 3 is 2.61 bits per heavy atom. The number of carbonyl (C=O) groups is 1. The van der Waals surface area contributed by atoms with Crippen LogP contribution in [-0.4, -0.2) is 61.8 Å². The molecular formula is C28H32F2N2O5S. The molecule has 0 bridgehead atoms. The van der Waals surface area contributed by atoms with Gasteiger partial charge in [-0.05, 0) is 72.6 Å². The van der Waals surface area contributed by atoms with Gasteiger partial charge in [-0.15, -0.1) is 0 Å². The van der Waals surface area contributed by atoms with Gasteiger partial charge in [0.15, 0.2) is 0 Å². The van der Waals surface area contributed by atoms with Crippen LogP contribution in [0.2, 0.25) is 0 Å². The number of benzene rings is 2. The number of carbonyl (C=O) groups excluding carboxylic acids is 1. The lowest BCUT2D eigenvalue weighted by atomic mass is 9.90. The maximum absolute atomic E-state index is 14.3. The number of amides is 1. The largest absolute Gasteiger partial charge is 0.497 e. The third-order valence-electron chi connectivity index (χ3n) is 8.55. The van der Waals surface area contributed by atoms with E-state index in [0.29, 0.717) is 18.9 Å². The molecule has 3 fully saturated rings. The van der Waals surface area contributed by atoms with Gasteiger partial charge >= 0.3 is 0 Å². The van der Waals surface area contributed by atoms with Gasteiger partial charge in [0.25, 0.3) is 0 Å². The predicted octanol–water partition coefficient (Wildman–Crippen LogP) is 4.25.